The summed E-state index contributed by atoms with van der Waals surface area (Å²) < 4.78 is 27.6. The number of nitrogens with two attached hydrogens (primary N) is 1. The van der Waals surface area contributed by atoms with Crippen LogP contribution < -0.4 is 10.5 Å². The number of hydrogen-bond donors (Lipinski definition) is 2. The van der Waals surface area contributed by atoms with Crippen molar-refractivity contribution in [2.45, 2.75) is 4.90 Å². The number of aromatic nitrogens is 3. The van der Waals surface area contributed by atoms with Gasteiger partial charge in [0.1, 0.15) is 5.52 Å². The second kappa shape index (κ2) is 4.83. The third-order valence-corrected chi connectivity index (χ3v) is 4.57. The van der Waals surface area contributed by atoms with E-state index in [0.29, 0.717) is 16.9 Å². The summed E-state index contributed by atoms with van der Waals surface area (Å²) in [7, 11) is -2.19. The molecule has 2 aromatic carbocycles. The lowest BCUT2D eigenvalue weighted by Gasteiger charge is -2.09. The molecule has 3 N–H and O–H groups in total. The molecular weight excluding hydrogens is 290 g/mol. The summed E-state index contributed by atoms with van der Waals surface area (Å²) in [5.41, 5.74) is 8.30. The van der Waals surface area contributed by atoms with Gasteiger partial charge in [0.2, 0.25) is 10.0 Å². The first-order valence-corrected chi connectivity index (χ1v) is 7.65. The highest BCUT2D eigenvalue weighted by Crippen LogP contribution is 2.24. The number of nitrogens with zero attached hydrogens (tertiary/aromatic N) is 3. The molecule has 1 aromatic heterocycles. The van der Waals surface area contributed by atoms with Gasteiger partial charge in [-0.2, -0.15) is 0 Å². The summed E-state index contributed by atoms with van der Waals surface area (Å²) in [4.78, 5) is 0.119. The Balaban J connectivity index is 2.25. The van der Waals surface area contributed by atoms with Crippen LogP contribution in [0, 0.1) is 0 Å². The summed E-state index contributed by atoms with van der Waals surface area (Å²) in [5.74, 6) is 0. The van der Waals surface area contributed by atoms with Crippen LogP contribution in [0.25, 0.3) is 16.7 Å². The van der Waals surface area contributed by atoms with Crippen LogP contribution in [0.2, 0.25) is 0 Å². The van der Waals surface area contributed by atoms with E-state index in [9.17, 15) is 8.42 Å². The standard InChI is InChI=1S/C13H13N5O2S/c1-15-21(19,20)9-6-7-10(14)13(8-9)18-12-5-3-2-4-11(12)16-17-18/h2-8,15H,14H2,1H3. The molecule has 0 amide bonds. The second-order valence-corrected chi connectivity index (χ2v) is 6.30. The maximum atomic E-state index is 11.9. The molecule has 0 radical (unpaired) electrons. The molecule has 0 atom stereocenters. The highest BCUT2D eigenvalue weighted by Gasteiger charge is 2.16. The number of nitrogen functional groups attached to an aromatic ring is 1. The normalized spacial score (nSPS) is 11.9. The van der Waals surface area contributed by atoms with Crippen LogP contribution in [0.15, 0.2) is 47.4 Å². The zero-order valence-electron chi connectivity index (χ0n) is 11.2. The van der Waals surface area contributed by atoms with E-state index in [4.69, 9.17) is 5.73 Å². The predicted octanol–water partition coefficient (Wildman–Crippen LogP) is 0.911. The Morgan fingerprint density at radius 2 is 1.95 bits per heavy atom. The van der Waals surface area contributed by atoms with Crippen molar-refractivity contribution in [2.75, 3.05) is 12.8 Å². The molecule has 108 valence electrons. The van der Waals surface area contributed by atoms with Gasteiger partial charge in [0.05, 0.1) is 21.8 Å². The molecule has 0 aliphatic carbocycles. The van der Waals surface area contributed by atoms with Crippen LogP contribution in [0.1, 0.15) is 0 Å². The molecule has 21 heavy (non-hydrogen) atoms. The molecule has 0 saturated carbocycles. The molecule has 8 heteroatoms. The third-order valence-electron chi connectivity index (χ3n) is 3.16. The number of nitrogens with one attached hydrogen (secondary N) is 1. The number of para-hydroxylation sites is 1. The number of anilines is 1. The van der Waals surface area contributed by atoms with Crippen LogP contribution in [-0.2, 0) is 10.0 Å². The molecule has 3 rings (SSSR count). The Labute approximate surface area is 121 Å². The van der Waals surface area contributed by atoms with Crippen LogP contribution in [0.3, 0.4) is 0 Å². The van der Waals surface area contributed by atoms with Crippen molar-refractivity contribution >= 4 is 26.7 Å². The second-order valence-electron chi connectivity index (χ2n) is 4.42. The number of benzene rings is 2. The maximum Gasteiger partial charge on any atom is 0.240 e. The van der Waals surface area contributed by atoms with Gasteiger partial charge in [0.15, 0.2) is 0 Å². The summed E-state index contributed by atoms with van der Waals surface area (Å²) in [6.07, 6.45) is 0. The van der Waals surface area contributed by atoms with Crippen molar-refractivity contribution < 1.29 is 8.42 Å². The average Bonchev–Trinajstić information content (AvgIpc) is 2.91. The number of rotatable bonds is 3. The van der Waals surface area contributed by atoms with Crippen LogP contribution >= 0.6 is 0 Å². The fourth-order valence-corrected chi connectivity index (χ4v) is 2.79. The van der Waals surface area contributed by atoms with Gasteiger partial charge < -0.3 is 5.73 Å². The lowest BCUT2D eigenvalue weighted by atomic mass is 10.2. The fourth-order valence-electron chi connectivity index (χ4n) is 2.04. The molecule has 0 bridgehead atoms. The van der Waals surface area contributed by atoms with Crippen molar-refractivity contribution in [1.29, 1.82) is 0 Å². The Morgan fingerprint density at radius 1 is 1.19 bits per heavy atom. The van der Waals surface area contributed by atoms with Gasteiger partial charge in [0.25, 0.3) is 0 Å². The topological polar surface area (TPSA) is 103 Å². The molecule has 0 saturated heterocycles. The summed E-state index contributed by atoms with van der Waals surface area (Å²) in [5, 5.41) is 8.09. The fraction of sp³-hybridized carbons (Fsp3) is 0.0769. The molecule has 0 fully saturated rings. The Hall–Kier alpha value is -2.45. The zero-order valence-corrected chi connectivity index (χ0v) is 12.0. The largest absolute Gasteiger partial charge is 0.397 e. The summed E-state index contributed by atoms with van der Waals surface area (Å²) in [6, 6.07) is 11.8. The monoisotopic (exact) mass is 303 g/mol. The minimum absolute atomic E-state index is 0.119. The van der Waals surface area contributed by atoms with E-state index in [-0.39, 0.29) is 4.90 Å². The first-order chi connectivity index (χ1) is 10.0. The van der Waals surface area contributed by atoms with E-state index in [0.717, 1.165) is 5.52 Å². The number of hydrogen-bond acceptors (Lipinski definition) is 5. The van der Waals surface area contributed by atoms with Crippen LogP contribution in [0.5, 0.6) is 0 Å². The Bertz CT molecular complexity index is 917. The minimum atomic E-state index is -3.55. The van der Waals surface area contributed by atoms with E-state index >= 15 is 0 Å². The smallest absolute Gasteiger partial charge is 0.240 e. The van der Waals surface area contributed by atoms with E-state index in [1.54, 1.807) is 0 Å². The van der Waals surface area contributed by atoms with E-state index in [1.807, 2.05) is 24.3 Å². The van der Waals surface area contributed by atoms with Gasteiger partial charge in [-0.25, -0.2) is 17.8 Å². The first kappa shape index (κ1) is 13.5. The molecule has 0 aliphatic rings. The van der Waals surface area contributed by atoms with Crippen LogP contribution in [0.4, 0.5) is 5.69 Å². The lowest BCUT2D eigenvalue weighted by Crippen LogP contribution is -2.19. The molecule has 3 aromatic rings. The van der Waals surface area contributed by atoms with Gasteiger partial charge >= 0.3 is 0 Å². The van der Waals surface area contributed by atoms with Crippen molar-refractivity contribution in [3.63, 3.8) is 0 Å². The Kier molecular flexibility index (Phi) is 3.11. The highest BCUT2D eigenvalue weighted by molar-refractivity contribution is 7.89. The van der Waals surface area contributed by atoms with Crippen LogP contribution in [-0.4, -0.2) is 30.5 Å². The molecule has 0 aliphatic heterocycles. The predicted molar refractivity (Wildman–Crippen MR) is 79.5 cm³/mol. The van der Waals surface area contributed by atoms with Gasteiger partial charge in [-0.1, -0.05) is 17.3 Å². The Morgan fingerprint density at radius 3 is 2.71 bits per heavy atom. The van der Waals surface area contributed by atoms with Gasteiger partial charge in [-0.05, 0) is 37.4 Å². The minimum Gasteiger partial charge on any atom is -0.397 e. The van der Waals surface area contributed by atoms with Crippen molar-refractivity contribution in [1.82, 2.24) is 19.7 Å². The van der Waals surface area contributed by atoms with Gasteiger partial charge in [-0.3, -0.25) is 0 Å². The van der Waals surface area contributed by atoms with E-state index < -0.39 is 10.0 Å². The average molecular weight is 303 g/mol. The number of sulfonamides is 1. The zero-order chi connectivity index (χ0) is 15.0. The highest BCUT2D eigenvalue weighted by atomic mass is 32.2. The molecule has 7 nitrogen and oxygen atoms in total. The SMILES string of the molecule is CNS(=O)(=O)c1ccc(N)c(-n2nnc3ccccc32)c1. The third kappa shape index (κ3) is 2.24. The van der Waals surface area contributed by atoms with E-state index in [1.165, 1.54) is 29.9 Å². The molecular formula is C13H13N5O2S. The van der Waals surface area contributed by atoms with Crippen molar-refractivity contribution in [3.8, 4) is 5.69 Å². The molecule has 1 heterocycles. The lowest BCUT2D eigenvalue weighted by molar-refractivity contribution is 0.588. The quantitative estimate of drug-likeness (QED) is 0.700. The van der Waals surface area contributed by atoms with Crippen molar-refractivity contribution in [3.05, 3.63) is 42.5 Å². The molecule has 0 unspecified atom stereocenters. The summed E-state index contributed by atoms with van der Waals surface area (Å²) in [6.45, 7) is 0. The number of fused-ring (bicyclic) bond motifs is 1. The first-order valence-electron chi connectivity index (χ1n) is 6.17. The van der Waals surface area contributed by atoms with Gasteiger partial charge in [0, 0.05) is 0 Å². The van der Waals surface area contributed by atoms with E-state index in [2.05, 4.69) is 15.0 Å². The van der Waals surface area contributed by atoms with Crippen molar-refractivity contribution in [2.24, 2.45) is 0 Å². The maximum absolute atomic E-state index is 11.9. The summed E-state index contributed by atoms with van der Waals surface area (Å²) >= 11 is 0. The van der Waals surface area contributed by atoms with Gasteiger partial charge in [-0.15, -0.1) is 5.10 Å². The molecule has 0 spiro atoms.